The van der Waals surface area contributed by atoms with E-state index < -0.39 is 0 Å². The van der Waals surface area contributed by atoms with Crippen LogP contribution in [0.3, 0.4) is 0 Å². The zero-order valence-corrected chi connectivity index (χ0v) is 15.7. The van der Waals surface area contributed by atoms with Gasteiger partial charge in [0.25, 0.3) is 0 Å². The lowest BCUT2D eigenvalue weighted by atomic mass is 9.86. The van der Waals surface area contributed by atoms with E-state index in [0.29, 0.717) is 23.8 Å². The fraction of sp³-hybridized carbons (Fsp3) is 0.368. The summed E-state index contributed by atoms with van der Waals surface area (Å²) in [5, 5.41) is 8.06. The van der Waals surface area contributed by atoms with Gasteiger partial charge in [-0.15, -0.1) is 5.10 Å². The molecule has 0 radical (unpaired) electrons. The number of hydrogen-bond donors (Lipinski definition) is 1. The summed E-state index contributed by atoms with van der Waals surface area (Å²) in [5.74, 6) is 1.38. The monoisotopic (exact) mass is 362 g/mol. The lowest BCUT2D eigenvalue weighted by Gasteiger charge is -2.39. The van der Waals surface area contributed by atoms with Gasteiger partial charge >= 0.3 is 0 Å². The summed E-state index contributed by atoms with van der Waals surface area (Å²) in [4.78, 5) is 15.5. The number of nitrogens with one attached hydrogen (secondary N) is 1. The summed E-state index contributed by atoms with van der Waals surface area (Å²) in [7, 11) is 4.25. The molecule has 8 nitrogen and oxygen atoms in total. The van der Waals surface area contributed by atoms with Crippen LogP contribution < -0.4 is 5.32 Å². The molecule has 0 saturated heterocycles. The second-order valence-electron chi connectivity index (χ2n) is 7.48. The highest BCUT2D eigenvalue weighted by molar-refractivity contribution is 5.79. The Hall–Kier alpha value is -3.00. The number of aromatic nitrogens is 6. The molecule has 4 aromatic rings. The smallest absolute Gasteiger partial charge is 0.241 e. The van der Waals surface area contributed by atoms with Crippen LogP contribution in [0, 0.1) is 6.92 Å². The number of fused-ring (bicyclic) bond motifs is 2. The van der Waals surface area contributed by atoms with Gasteiger partial charge in [0.15, 0.2) is 0 Å². The molecule has 0 unspecified atom stereocenters. The van der Waals surface area contributed by atoms with Crippen LogP contribution in [-0.4, -0.2) is 60.0 Å². The molecule has 138 valence electrons. The molecule has 5 rings (SSSR count). The molecule has 4 aromatic heterocycles. The summed E-state index contributed by atoms with van der Waals surface area (Å²) in [5.41, 5.74) is 4.09. The lowest BCUT2D eigenvalue weighted by Crippen LogP contribution is -2.47. The summed E-state index contributed by atoms with van der Waals surface area (Å²) in [6.45, 7) is 2.02. The molecule has 0 aliphatic heterocycles. The first-order valence-corrected chi connectivity index (χ1v) is 9.16. The van der Waals surface area contributed by atoms with Crippen LogP contribution >= 0.6 is 0 Å². The predicted molar refractivity (Wildman–Crippen MR) is 104 cm³/mol. The molecule has 1 fully saturated rings. The Morgan fingerprint density at radius 3 is 2.74 bits per heavy atom. The van der Waals surface area contributed by atoms with Crippen molar-refractivity contribution in [3.63, 3.8) is 0 Å². The molecule has 4 heterocycles. The van der Waals surface area contributed by atoms with Gasteiger partial charge in [-0.25, -0.2) is 19.5 Å². The minimum Gasteiger partial charge on any atom is -0.350 e. The Morgan fingerprint density at radius 2 is 1.93 bits per heavy atom. The minimum absolute atomic E-state index is 0.445. The Bertz CT molecular complexity index is 1120. The van der Waals surface area contributed by atoms with Crippen molar-refractivity contribution in [3.05, 3.63) is 42.7 Å². The topological polar surface area (TPSA) is 75.7 Å². The second kappa shape index (κ2) is 6.02. The Labute approximate surface area is 156 Å². The van der Waals surface area contributed by atoms with Gasteiger partial charge in [-0.3, -0.25) is 4.40 Å². The van der Waals surface area contributed by atoms with Crippen molar-refractivity contribution in [2.75, 3.05) is 19.4 Å². The van der Waals surface area contributed by atoms with E-state index >= 15 is 0 Å². The Balaban J connectivity index is 1.42. The normalized spacial score (nSPS) is 19.7. The predicted octanol–water partition coefficient (Wildman–Crippen LogP) is 2.25. The first-order valence-electron chi connectivity index (χ1n) is 9.16. The Morgan fingerprint density at radius 1 is 1.11 bits per heavy atom. The van der Waals surface area contributed by atoms with E-state index in [9.17, 15) is 0 Å². The maximum absolute atomic E-state index is 4.62. The average molecular weight is 362 g/mol. The summed E-state index contributed by atoms with van der Waals surface area (Å²) in [6.07, 6.45) is 11.8. The van der Waals surface area contributed by atoms with Crippen molar-refractivity contribution < 1.29 is 0 Å². The van der Waals surface area contributed by atoms with E-state index in [1.54, 1.807) is 0 Å². The van der Waals surface area contributed by atoms with Crippen molar-refractivity contribution in [2.45, 2.75) is 31.8 Å². The minimum atomic E-state index is 0.445. The summed E-state index contributed by atoms with van der Waals surface area (Å²) in [6, 6.07) is 3.15. The molecule has 1 saturated carbocycles. The number of imidazole rings is 1. The van der Waals surface area contributed by atoms with Crippen molar-refractivity contribution in [1.29, 1.82) is 0 Å². The third kappa shape index (κ3) is 2.73. The molecule has 0 spiro atoms. The van der Waals surface area contributed by atoms with Crippen molar-refractivity contribution in [3.8, 4) is 11.1 Å². The van der Waals surface area contributed by atoms with Gasteiger partial charge in [-0.1, -0.05) is 0 Å². The zero-order chi connectivity index (χ0) is 18.5. The van der Waals surface area contributed by atoms with Crippen molar-refractivity contribution in [1.82, 2.24) is 33.9 Å². The van der Waals surface area contributed by atoms with E-state index in [0.717, 1.165) is 35.2 Å². The molecule has 0 amide bonds. The SMILES string of the molecule is Cc1cnc2ncc(-c3ccn4nc(N[C@H]5C[C@@H](N(C)C)C5)ncc34)cn12. The van der Waals surface area contributed by atoms with Crippen LogP contribution in [0.5, 0.6) is 0 Å². The molecule has 1 N–H and O–H groups in total. The van der Waals surface area contributed by atoms with Gasteiger partial charge in [-0.05, 0) is 39.9 Å². The molecule has 1 aliphatic rings. The van der Waals surface area contributed by atoms with Crippen molar-refractivity contribution >= 4 is 17.2 Å². The standard InChI is InChI=1S/C19H22N8/c1-12-8-21-19-22-9-13(11-26(12)19)16-4-5-27-17(16)10-20-18(24-27)23-14-6-15(7-14)25(2)3/h4-5,8-11,14-15H,6-7H2,1-3H3,(H,23,24)/t14-,15+. The van der Waals surface area contributed by atoms with Crippen LogP contribution in [0.4, 0.5) is 5.95 Å². The highest BCUT2D eigenvalue weighted by atomic mass is 15.3. The lowest BCUT2D eigenvalue weighted by molar-refractivity contribution is 0.177. The fourth-order valence-electron chi connectivity index (χ4n) is 3.65. The third-order valence-corrected chi connectivity index (χ3v) is 5.45. The summed E-state index contributed by atoms with van der Waals surface area (Å²) < 4.78 is 3.87. The average Bonchev–Trinajstić information content (AvgIpc) is 3.20. The largest absolute Gasteiger partial charge is 0.350 e. The van der Waals surface area contributed by atoms with Gasteiger partial charge < -0.3 is 10.2 Å². The van der Waals surface area contributed by atoms with Crippen LogP contribution in [0.2, 0.25) is 0 Å². The molecular weight excluding hydrogens is 340 g/mol. The first-order chi connectivity index (χ1) is 13.1. The first kappa shape index (κ1) is 16.2. The van der Waals surface area contributed by atoms with Gasteiger partial charge in [-0.2, -0.15) is 0 Å². The van der Waals surface area contributed by atoms with Gasteiger partial charge in [0.05, 0.1) is 17.9 Å². The van der Waals surface area contributed by atoms with Crippen LogP contribution in [-0.2, 0) is 0 Å². The van der Waals surface area contributed by atoms with Gasteiger partial charge in [0, 0.05) is 47.5 Å². The van der Waals surface area contributed by atoms with E-state index in [4.69, 9.17) is 0 Å². The zero-order valence-electron chi connectivity index (χ0n) is 15.7. The number of anilines is 1. The highest BCUT2D eigenvalue weighted by Gasteiger charge is 2.30. The van der Waals surface area contributed by atoms with E-state index in [2.05, 4.69) is 50.6 Å². The third-order valence-electron chi connectivity index (χ3n) is 5.45. The molecule has 0 atom stereocenters. The van der Waals surface area contributed by atoms with Crippen LogP contribution in [0.25, 0.3) is 22.4 Å². The van der Waals surface area contributed by atoms with Crippen LogP contribution in [0.1, 0.15) is 18.5 Å². The van der Waals surface area contributed by atoms with Crippen LogP contribution in [0.15, 0.2) is 37.1 Å². The van der Waals surface area contributed by atoms with E-state index in [1.807, 2.05) is 46.7 Å². The fourth-order valence-corrected chi connectivity index (χ4v) is 3.65. The molecule has 27 heavy (non-hydrogen) atoms. The van der Waals surface area contributed by atoms with Gasteiger partial charge in [0.1, 0.15) is 0 Å². The molecule has 0 bridgehead atoms. The Kier molecular flexibility index (Phi) is 3.61. The van der Waals surface area contributed by atoms with Gasteiger partial charge in [0.2, 0.25) is 11.7 Å². The molecule has 8 heteroatoms. The van der Waals surface area contributed by atoms with Crippen molar-refractivity contribution in [2.24, 2.45) is 0 Å². The van der Waals surface area contributed by atoms with E-state index in [-0.39, 0.29) is 0 Å². The second-order valence-corrected chi connectivity index (χ2v) is 7.48. The highest BCUT2D eigenvalue weighted by Crippen LogP contribution is 2.28. The molecule has 1 aliphatic carbocycles. The number of aryl methyl sites for hydroxylation is 1. The maximum atomic E-state index is 4.62. The molecular formula is C19H22N8. The number of hydrogen-bond acceptors (Lipinski definition) is 6. The molecule has 0 aromatic carbocycles. The summed E-state index contributed by atoms with van der Waals surface area (Å²) >= 11 is 0. The quantitative estimate of drug-likeness (QED) is 0.600. The number of rotatable bonds is 4. The van der Waals surface area contributed by atoms with E-state index in [1.165, 1.54) is 0 Å². The number of nitrogens with zero attached hydrogens (tertiary/aromatic N) is 7. The maximum Gasteiger partial charge on any atom is 0.241 e.